The Hall–Kier alpha value is -3.06. The maximum Gasteiger partial charge on any atom is 0.340 e. The molecule has 1 aliphatic rings. The number of hydrogen-bond donors (Lipinski definition) is 1. The van der Waals surface area contributed by atoms with Crippen molar-refractivity contribution >= 4 is 23.3 Å². The lowest BCUT2D eigenvalue weighted by atomic mass is 10.1. The Kier molecular flexibility index (Phi) is 7.30. The van der Waals surface area contributed by atoms with E-state index in [1.165, 1.54) is 0 Å². The normalized spacial score (nSPS) is 13.6. The number of nitrogens with zero attached hydrogens (tertiary/aromatic N) is 1. The van der Waals surface area contributed by atoms with Gasteiger partial charge in [0.25, 0.3) is 5.91 Å². The van der Waals surface area contributed by atoms with Crippen LogP contribution in [0.4, 0.5) is 11.4 Å². The first-order valence-electron chi connectivity index (χ1n) is 10.1. The Balaban J connectivity index is 1.71. The first-order valence-corrected chi connectivity index (χ1v) is 10.1. The number of ether oxygens (including phenoxy) is 3. The molecule has 30 heavy (non-hydrogen) atoms. The molecule has 1 saturated heterocycles. The highest BCUT2D eigenvalue weighted by Gasteiger charge is 2.21. The Morgan fingerprint density at radius 1 is 1.13 bits per heavy atom. The summed E-state index contributed by atoms with van der Waals surface area (Å²) in [5.74, 6) is -0.0356. The van der Waals surface area contributed by atoms with Crippen molar-refractivity contribution in [2.75, 3.05) is 49.7 Å². The summed E-state index contributed by atoms with van der Waals surface area (Å²) in [4.78, 5) is 27.0. The number of morpholine rings is 1. The predicted octanol–water partition coefficient (Wildman–Crippen LogP) is 3.33. The fraction of sp³-hybridized carbons (Fsp3) is 0.391. The van der Waals surface area contributed by atoms with Gasteiger partial charge >= 0.3 is 5.97 Å². The number of carbonyl (C=O) groups excluding carboxylic acids is 2. The molecule has 0 unspecified atom stereocenters. The summed E-state index contributed by atoms with van der Waals surface area (Å²) in [6.07, 6.45) is 0. The first kappa shape index (κ1) is 21.6. The number of carbonyl (C=O) groups is 2. The van der Waals surface area contributed by atoms with Gasteiger partial charge in [-0.25, -0.2) is 4.79 Å². The smallest absolute Gasteiger partial charge is 0.340 e. The summed E-state index contributed by atoms with van der Waals surface area (Å²) in [5, 5.41) is 2.80. The van der Waals surface area contributed by atoms with Gasteiger partial charge in [-0.1, -0.05) is 12.1 Å². The molecule has 0 spiro atoms. The van der Waals surface area contributed by atoms with Crippen LogP contribution in [0.25, 0.3) is 0 Å². The van der Waals surface area contributed by atoms with Crippen molar-refractivity contribution in [3.8, 4) is 5.75 Å². The maximum absolute atomic E-state index is 12.5. The molecule has 0 aromatic heterocycles. The van der Waals surface area contributed by atoms with E-state index in [1.54, 1.807) is 19.1 Å². The zero-order valence-corrected chi connectivity index (χ0v) is 17.7. The van der Waals surface area contributed by atoms with Gasteiger partial charge < -0.3 is 24.4 Å². The summed E-state index contributed by atoms with van der Waals surface area (Å²) in [5.41, 5.74) is 3.83. The van der Waals surface area contributed by atoms with Gasteiger partial charge in [0, 0.05) is 18.8 Å². The molecule has 0 radical (unpaired) electrons. The highest BCUT2D eigenvalue weighted by molar-refractivity contribution is 5.99. The zero-order chi connectivity index (χ0) is 21.5. The summed E-state index contributed by atoms with van der Waals surface area (Å²) >= 11 is 0. The Morgan fingerprint density at radius 3 is 2.63 bits per heavy atom. The van der Waals surface area contributed by atoms with Gasteiger partial charge in [-0.3, -0.25) is 4.79 Å². The Labute approximate surface area is 176 Å². The second-order valence-corrected chi connectivity index (χ2v) is 7.09. The molecular weight excluding hydrogens is 384 g/mol. The van der Waals surface area contributed by atoms with E-state index in [9.17, 15) is 9.59 Å². The number of benzene rings is 2. The van der Waals surface area contributed by atoms with Crippen LogP contribution in [0.2, 0.25) is 0 Å². The van der Waals surface area contributed by atoms with Crippen molar-refractivity contribution in [2.45, 2.75) is 20.8 Å². The van der Waals surface area contributed by atoms with Gasteiger partial charge in [0.2, 0.25) is 0 Å². The number of esters is 1. The standard InChI is InChI=1S/C23H28N2O5/c1-4-29-23(27)19-14-18(8-9-20(19)25-10-12-28-13-11-25)24-22(26)15-30-21-7-5-6-16(2)17(21)3/h5-9,14H,4,10-13,15H2,1-3H3,(H,24,26). The van der Waals surface area contributed by atoms with Crippen LogP contribution in [0.1, 0.15) is 28.4 Å². The van der Waals surface area contributed by atoms with Gasteiger partial charge in [-0.05, 0) is 56.2 Å². The van der Waals surface area contributed by atoms with Crippen LogP contribution in [0.15, 0.2) is 36.4 Å². The van der Waals surface area contributed by atoms with E-state index in [0.717, 1.165) is 16.8 Å². The van der Waals surface area contributed by atoms with E-state index in [-0.39, 0.29) is 19.1 Å². The van der Waals surface area contributed by atoms with Crippen LogP contribution >= 0.6 is 0 Å². The average Bonchev–Trinajstić information content (AvgIpc) is 2.75. The minimum absolute atomic E-state index is 0.121. The number of amides is 1. The quantitative estimate of drug-likeness (QED) is 0.703. The van der Waals surface area contributed by atoms with Crippen molar-refractivity contribution in [1.29, 1.82) is 0 Å². The lowest BCUT2D eigenvalue weighted by Gasteiger charge is -2.30. The maximum atomic E-state index is 12.5. The van der Waals surface area contributed by atoms with Gasteiger partial charge in [-0.2, -0.15) is 0 Å². The molecule has 3 rings (SSSR count). The van der Waals surface area contributed by atoms with Gasteiger partial charge in [0.15, 0.2) is 6.61 Å². The molecule has 1 amide bonds. The molecule has 160 valence electrons. The Bertz CT molecular complexity index is 906. The van der Waals surface area contributed by atoms with Crippen LogP contribution in [0.5, 0.6) is 5.75 Å². The molecule has 1 heterocycles. The summed E-state index contributed by atoms with van der Waals surface area (Å²) in [6, 6.07) is 11.0. The zero-order valence-electron chi connectivity index (χ0n) is 17.7. The van der Waals surface area contributed by atoms with E-state index in [0.29, 0.717) is 43.3 Å². The molecule has 2 aromatic rings. The summed E-state index contributed by atoms with van der Waals surface area (Å²) in [7, 11) is 0. The van der Waals surface area contributed by atoms with Crippen LogP contribution in [-0.4, -0.2) is 51.4 Å². The molecule has 1 fully saturated rings. The number of nitrogens with one attached hydrogen (secondary N) is 1. The van der Waals surface area contributed by atoms with Gasteiger partial charge in [0.1, 0.15) is 5.75 Å². The van der Waals surface area contributed by atoms with Crippen molar-refractivity contribution < 1.29 is 23.8 Å². The highest BCUT2D eigenvalue weighted by Crippen LogP contribution is 2.26. The molecule has 0 aliphatic carbocycles. The highest BCUT2D eigenvalue weighted by atomic mass is 16.5. The summed E-state index contributed by atoms with van der Waals surface area (Å²) in [6.45, 7) is 8.48. The van der Waals surface area contributed by atoms with Gasteiger partial charge in [0.05, 0.1) is 31.1 Å². The third kappa shape index (κ3) is 5.30. The first-order chi connectivity index (χ1) is 14.5. The minimum Gasteiger partial charge on any atom is -0.483 e. The molecule has 7 nitrogen and oxygen atoms in total. The van der Waals surface area contributed by atoms with E-state index in [4.69, 9.17) is 14.2 Å². The third-order valence-electron chi connectivity index (χ3n) is 5.04. The monoisotopic (exact) mass is 412 g/mol. The van der Waals surface area contributed by atoms with E-state index in [2.05, 4.69) is 10.2 Å². The lowest BCUT2D eigenvalue weighted by molar-refractivity contribution is -0.118. The fourth-order valence-electron chi connectivity index (χ4n) is 3.29. The predicted molar refractivity (Wildman–Crippen MR) is 115 cm³/mol. The molecule has 1 aliphatic heterocycles. The molecular formula is C23H28N2O5. The molecule has 0 bridgehead atoms. The van der Waals surface area contributed by atoms with Crippen LogP contribution in [0, 0.1) is 13.8 Å². The Morgan fingerprint density at radius 2 is 1.90 bits per heavy atom. The minimum atomic E-state index is -0.415. The third-order valence-corrected chi connectivity index (χ3v) is 5.04. The van der Waals surface area contributed by atoms with Crippen molar-refractivity contribution in [3.05, 3.63) is 53.1 Å². The van der Waals surface area contributed by atoms with Crippen molar-refractivity contribution in [3.63, 3.8) is 0 Å². The molecule has 1 N–H and O–H groups in total. The molecule has 0 saturated carbocycles. The fourth-order valence-corrected chi connectivity index (χ4v) is 3.29. The molecule has 0 atom stereocenters. The average molecular weight is 412 g/mol. The second kappa shape index (κ2) is 10.1. The van der Waals surface area contributed by atoms with E-state index < -0.39 is 5.97 Å². The molecule has 7 heteroatoms. The number of anilines is 2. The van der Waals surface area contributed by atoms with Gasteiger partial charge in [-0.15, -0.1) is 0 Å². The van der Waals surface area contributed by atoms with Crippen molar-refractivity contribution in [2.24, 2.45) is 0 Å². The van der Waals surface area contributed by atoms with E-state index >= 15 is 0 Å². The second-order valence-electron chi connectivity index (χ2n) is 7.09. The van der Waals surface area contributed by atoms with E-state index in [1.807, 2.05) is 38.1 Å². The van der Waals surface area contributed by atoms with Crippen LogP contribution in [0.3, 0.4) is 0 Å². The van der Waals surface area contributed by atoms with Crippen LogP contribution < -0.4 is 15.0 Å². The SMILES string of the molecule is CCOC(=O)c1cc(NC(=O)COc2cccc(C)c2C)ccc1N1CCOCC1. The number of hydrogen-bond acceptors (Lipinski definition) is 6. The number of aryl methyl sites for hydroxylation is 1. The van der Waals surface area contributed by atoms with Crippen LogP contribution in [-0.2, 0) is 14.3 Å². The van der Waals surface area contributed by atoms with Crippen molar-refractivity contribution in [1.82, 2.24) is 0 Å². The lowest BCUT2D eigenvalue weighted by Crippen LogP contribution is -2.37. The topological polar surface area (TPSA) is 77.1 Å². The molecule has 2 aromatic carbocycles. The summed E-state index contributed by atoms with van der Waals surface area (Å²) < 4.78 is 16.3. The largest absolute Gasteiger partial charge is 0.483 e. The number of rotatable bonds is 7.